The zero-order valence-electron chi connectivity index (χ0n) is 8.45. The van der Waals surface area contributed by atoms with Crippen molar-refractivity contribution in [3.05, 3.63) is 42.5 Å². The van der Waals surface area contributed by atoms with E-state index in [1.165, 1.54) is 5.19 Å². The molecular weight excluding hydrogens is 202 g/mol. The van der Waals surface area contributed by atoms with Gasteiger partial charge in [0.05, 0.1) is 11.4 Å². The van der Waals surface area contributed by atoms with Gasteiger partial charge < -0.3 is 10.1 Å². The topological polar surface area (TPSA) is 21.3 Å². The van der Waals surface area contributed by atoms with E-state index in [0.29, 0.717) is 0 Å². The smallest absolute Gasteiger partial charge is 0.150 e. The third kappa shape index (κ3) is 1.32. The zero-order valence-corrected chi connectivity index (χ0v) is 10.4. The van der Waals surface area contributed by atoms with E-state index >= 15 is 0 Å². The molecule has 1 aliphatic heterocycles. The van der Waals surface area contributed by atoms with Crippen LogP contribution in [0.1, 0.15) is 0 Å². The number of anilines is 2. The minimum atomic E-state index is 0.900. The molecule has 2 aromatic rings. The van der Waals surface area contributed by atoms with E-state index in [0.717, 1.165) is 33.1 Å². The van der Waals surface area contributed by atoms with E-state index in [1.807, 2.05) is 36.4 Å². The normalized spacial score (nSPS) is 12.3. The number of nitrogens with one attached hydrogen (secondary N) is 1. The molecule has 74 valence electrons. The van der Waals surface area contributed by atoms with Gasteiger partial charge in [0.15, 0.2) is 11.5 Å². The number of benzene rings is 2. The van der Waals surface area contributed by atoms with Crippen LogP contribution in [0.3, 0.4) is 0 Å². The molecule has 0 fully saturated rings. The van der Waals surface area contributed by atoms with Crippen molar-refractivity contribution in [2.75, 3.05) is 5.32 Å². The molecule has 3 heteroatoms. The Labute approximate surface area is 91.3 Å². The van der Waals surface area contributed by atoms with Crippen molar-refractivity contribution in [3.8, 4) is 11.5 Å². The van der Waals surface area contributed by atoms with Crippen LogP contribution in [-0.4, -0.2) is 10.2 Å². The Hall–Kier alpha value is -1.74. The van der Waals surface area contributed by atoms with Gasteiger partial charge in [-0.15, -0.1) is 0 Å². The lowest BCUT2D eigenvalue weighted by atomic mass is 10.2. The third-order valence-electron chi connectivity index (χ3n) is 2.60. The second-order valence-corrected chi connectivity index (χ2v) is 4.75. The summed E-state index contributed by atoms with van der Waals surface area (Å²) in [4.78, 5) is 0. The Morgan fingerprint density at radius 2 is 1.73 bits per heavy atom. The molecule has 2 aromatic carbocycles. The highest BCUT2D eigenvalue weighted by atomic mass is 28.1. The molecule has 0 amide bonds. The summed E-state index contributed by atoms with van der Waals surface area (Å²) in [6.45, 7) is 0. The van der Waals surface area contributed by atoms with E-state index < -0.39 is 0 Å². The lowest BCUT2D eigenvalue weighted by Gasteiger charge is -2.22. The Kier molecular flexibility index (Phi) is 1.79. The van der Waals surface area contributed by atoms with Crippen LogP contribution in [0.4, 0.5) is 11.4 Å². The van der Waals surface area contributed by atoms with Gasteiger partial charge in [-0.1, -0.05) is 24.3 Å². The van der Waals surface area contributed by atoms with Crippen LogP contribution in [-0.2, 0) is 0 Å². The van der Waals surface area contributed by atoms with Gasteiger partial charge in [0.25, 0.3) is 0 Å². The van der Waals surface area contributed by atoms with Gasteiger partial charge in [-0.05, 0) is 23.4 Å². The maximum absolute atomic E-state index is 5.82. The van der Waals surface area contributed by atoms with E-state index in [2.05, 4.69) is 11.4 Å². The Bertz CT molecular complexity index is 525. The minimum Gasteiger partial charge on any atom is -0.453 e. The molecule has 2 nitrogen and oxygen atoms in total. The van der Waals surface area contributed by atoms with E-state index in [4.69, 9.17) is 4.74 Å². The van der Waals surface area contributed by atoms with Crippen LogP contribution in [0, 0.1) is 0 Å². The summed E-state index contributed by atoms with van der Waals surface area (Å²) < 4.78 is 5.82. The summed E-state index contributed by atoms with van der Waals surface area (Å²) in [5, 5.41) is 4.75. The Morgan fingerprint density at radius 3 is 2.67 bits per heavy atom. The van der Waals surface area contributed by atoms with Crippen LogP contribution < -0.4 is 15.2 Å². The number of ether oxygens (including phenoxy) is 1. The molecule has 1 heterocycles. The SMILES string of the molecule is [SiH3]c1cccc2c1Nc1ccccc1O2. The van der Waals surface area contributed by atoms with Crippen molar-refractivity contribution in [1.29, 1.82) is 0 Å². The summed E-state index contributed by atoms with van der Waals surface area (Å²) in [6.07, 6.45) is 0. The van der Waals surface area contributed by atoms with Crippen LogP contribution >= 0.6 is 0 Å². The first-order chi connectivity index (χ1) is 7.34. The molecule has 15 heavy (non-hydrogen) atoms. The van der Waals surface area contributed by atoms with Gasteiger partial charge in [0.1, 0.15) is 0 Å². The average molecular weight is 213 g/mol. The van der Waals surface area contributed by atoms with Crippen LogP contribution in [0.2, 0.25) is 0 Å². The standard InChI is InChI=1S/C12H11NOSi/c15-11-7-3-6-10-12(11)13-8-4-1-2-5-9(8)14-10/h1-7,13H,15H3. The lowest BCUT2D eigenvalue weighted by molar-refractivity contribution is 0.481. The number of fused-ring (bicyclic) bond motifs is 2. The fourth-order valence-electron chi connectivity index (χ4n) is 1.80. The van der Waals surface area contributed by atoms with Gasteiger partial charge in [0, 0.05) is 10.2 Å². The number of hydrogen-bond acceptors (Lipinski definition) is 2. The van der Waals surface area contributed by atoms with Gasteiger partial charge in [-0.25, -0.2) is 0 Å². The molecule has 0 atom stereocenters. The summed E-state index contributed by atoms with van der Waals surface area (Å²) in [6, 6.07) is 14.2. The van der Waals surface area contributed by atoms with Crippen LogP contribution in [0.15, 0.2) is 42.5 Å². The quantitative estimate of drug-likeness (QED) is 0.572. The highest BCUT2D eigenvalue weighted by Gasteiger charge is 2.16. The average Bonchev–Trinajstić information content (AvgIpc) is 2.27. The van der Waals surface area contributed by atoms with E-state index in [-0.39, 0.29) is 0 Å². The molecule has 0 spiro atoms. The van der Waals surface area contributed by atoms with Crippen molar-refractivity contribution in [2.45, 2.75) is 0 Å². The molecular formula is C12H11NOSi. The molecule has 0 aliphatic carbocycles. The zero-order chi connectivity index (χ0) is 10.3. The highest BCUT2D eigenvalue weighted by molar-refractivity contribution is 6.36. The molecule has 0 unspecified atom stereocenters. The van der Waals surface area contributed by atoms with Crippen molar-refractivity contribution < 1.29 is 4.74 Å². The maximum atomic E-state index is 5.82. The van der Waals surface area contributed by atoms with Crippen LogP contribution in [0.25, 0.3) is 0 Å². The van der Waals surface area contributed by atoms with Crippen molar-refractivity contribution >= 4 is 26.8 Å². The first-order valence-corrected chi connectivity index (χ1v) is 5.98. The van der Waals surface area contributed by atoms with Crippen molar-refractivity contribution in [1.82, 2.24) is 0 Å². The molecule has 3 rings (SSSR count). The first-order valence-electron chi connectivity index (χ1n) is 4.98. The highest BCUT2D eigenvalue weighted by Crippen LogP contribution is 2.39. The van der Waals surface area contributed by atoms with Gasteiger partial charge in [-0.3, -0.25) is 0 Å². The summed E-state index contributed by atoms with van der Waals surface area (Å²) >= 11 is 0. The number of hydrogen-bond donors (Lipinski definition) is 1. The predicted octanol–water partition coefficient (Wildman–Crippen LogP) is 1.53. The molecule has 0 bridgehead atoms. The fourth-order valence-corrected chi connectivity index (χ4v) is 2.36. The Morgan fingerprint density at radius 1 is 0.933 bits per heavy atom. The molecule has 0 saturated heterocycles. The summed E-state index contributed by atoms with van der Waals surface area (Å²) in [5.74, 6) is 1.83. The number of para-hydroxylation sites is 3. The van der Waals surface area contributed by atoms with E-state index in [1.54, 1.807) is 0 Å². The second kappa shape index (κ2) is 3.14. The predicted molar refractivity (Wildman–Crippen MR) is 65.8 cm³/mol. The first kappa shape index (κ1) is 8.56. The molecule has 1 N–H and O–H groups in total. The molecule has 1 aliphatic rings. The second-order valence-electron chi connectivity index (χ2n) is 3.67. The van der Waals surface area contributed by atoms with E-state index in [9.17, 15) is 0 Å². The van der Waals surface area contributed by atoms with Gasteiger partial charge >= 0.3 is 0 Å². The van der Waals surface area contributed by atoms with Crippen LogP contribution in [0.5, 0.6) is 11.5 Å². The lowest BCUT2D eigenvalue weighted by Crippen LogP contribution is -2.13. The molecule has 0 aromatic heterocycles. The molecule has 0 radical (unpaired) electrons. The maximum Gasteiger partial charge on any atom is 0.150 e. The van der Waals surface area contributed by atoms with Gasteiger partial charge in [0.2, 0.25) is 0 Å². The fraction of sp³-hybridized carbons (Fsp3) is 0. The molecule has 0 saturated carbocycles. The Balaban J connectivity index is 2.15. The van der Waals surface area contributed by atoms with Crippen molar-refractivity contribution in [2.24, 2.45) is 0 Å². The minimum absolute atomic E-state index is 0.900. The third-order valence-corrected chi connectivity index (χ3v) is 3.43. The van der Waals surface area contributed by atoms with Gasteiger partial charge in [-0.2, -0.15) is 0 Å². The summed E-state index contributed by atoms with van der Waals surface area (Å²) in [5.41, 5.74) is 2.18. The summed E-state index contributed by atoms with van der Waals surface area (Å²) in [7, 11) is 1.02. The monoisotopic (exact) mass is 213 g/mol. The number of rotatable bonds is 0. The van der Waals surface area contributed by atoms with Crippen molar-refractivity contribution in [3.63, 3.8) is 0 Å². The largest absolute Gasteiger partial charge is 0.453 e.